The Morgan fingerprint density at radius 1 is 1.17 bits per heavy atom. The summed E-state index contributed by atoms with van der Waals surface area (Å²) in [7, 11) is 0. The van der Waals surface area contributed by atoms with Crippen LogP contribution in [-0.4, -0.2) is 17.9 Å². The zero-order chi connectivity index (χ0) is 16.6. The van der Waals surface area contributed by atoms with E-state index in [0.717, 1.165) is 0 Å². The number of nitrogen functional groups attached to an aromatic ring is 2. The van der Waals surface area contributed by atoms with Crippen LogP contribution in [0.4, 0.5) is 11.4 Å². The van der Waals surface area contributed by atoms with Crippen LogP contribution in [0.1, 0.15) is 34.1 Å². The Hall–Kier alpha value is -3.02. The number of hydrogen-bond acceptors (Lipinski definition) is 6. The van der Waals surface area contributed by atoms with Crippen LogP contribution in [0.3, 0.4) is 0 Å². The summed E-state index contributed by atoms with van der Waals surface area (Å²) in [4.78, 5) is 24.2. The van der Waals surface area contributed by atoms with Crippen molar-refractivity contribution < 1.29 is 19.1 Å². The van der Waals surface area contributed by atoms with Gasteiger partial charge in [0.1, 0.15) is 17.6 Å². The second-order valence-corrected chi connectivity index (χ2v) is 5.49. The number of nitrogens with two attached hydrogens (primary N) is 2. The average molecular weight is 312 g/mol. The lowest BCUT2D eigenvalue weighted by atomic mass is 10.0. The lowest BCUT2D eigenvalue weighted by Crippen LogP contribution is -2.24. The fourth-order valence-electron chi connectivity index (χ4n) is 2.48. The van der Waals surface area contributed by atoms with Gasteiger partial charge in [-0.15, -0.1) is 0 Å². The maximum atomic E-state index is 12.2. The molecule has 1 aliphatic heterocycles. The summed E-state index contributed by atoms with van der Waals surface area (Å²) in [6.45, 7) is 1.83. The number of benzene rings is 2. The van der Waals surface area contributed by atoms with Gasteiger partial charge in [0.25, 0.3) is 0 Å². The number of hydrogen-bond donors (Lipinski definition) is 2. The van der Waals surface area contributed by atoms with Crippen LogP contribution in [0.15, 0.2) is 36.4 Å². The molecule has 1 heterocycles. The first-order valence-corrected chi connectivity index (χ1v) is 7.14. The Kier molecular flexibility index (Phi) is 3.65. The first-order valence-electron chi connectivity index (χ1n) is 7.14. The molecule has 1 unspecified atom stereocenters. The van der Waals surface area contributed by atoms with E-state index in [-0.39, 0.29) is 23.2 Å². The molecule has 6 nitrogen and oxygen atoms in total. The molecule has 6 heteroatoms. The molecule has 0 bridgehead atoms. The Labute approximate surface area is 133 Å². The molecule has 0 fully saturated rings. The second-order valence-electron chi connectivity index (χ2n) is 5.49. The van der Waals surface area contributed by atoms with Crippen molar-refractivity contribution in [3.8, 4) is 11.5 Å². The molecule has 0 aromatic heterocycles. The van der Waals surface area contributed by atoms with Crippen LogP contribution in [0.5, 0.6) is 11.5 Å². The highest BCUT2D eigenvalue weighted by Gasteiger charge is 2.24. The van der Waals surface area contributed by atoms with Gasteiger partial charge >= 0.3 is 5.97 Å². The number of ketones is 1. The molecule has 1 atom stereocenters. The van der Waals surface area contributed by atoms with Crippen LogP contribution in [0, 0.1) is 0 Å². The summed E-state index contributed by atoms with van der Waals surface area (Å²) in [5, 5.41) is 0. The fraction of sp³-hybridized carbons (Fsp3) is 0.176. The second kappa shape index (κ2) is 5.64. The predicted molar refractivity (Wildman–Crippen MR) is 85.7 cm³/mol. The number of carbonyl (C=O) groups excluding carboxylic acids is 2. The summed E-state index contributed by atoms with van der Waals surface area (Å²) in [5.41, 5.74) is 12.7. The van der Waals surface area contributed by atoms with Crippen molar-refractivity contribution in [1.29, 1.82) is 0 Å². The van der Waals surface area contributed by atoms with Gasteiger partial charge in [-0.25, -0.2) is 4.79 Å². The SMILES string of the molecule is CC1CC(=O)c2cc(OC(=O)c3cc(N)cc(N)c3)ccc2O1. The van der Waals surface area contributed by atoms with E-state index in [9.17, 15) is 9.59 Å². The van der Waals surface area contributed by atoms with Crippen molar-refractivity contribution in [1.82, 2.24) is 0 Å². The number of Topliss-reactive ketones (excluding diaryl/α,β-unsaturated/α-hetero) is 1. The highest BCUT2D eigenvalue weighted by Crippen LogP contribution is 2.31. The fourth-order valence-corrected chi connectivity index (χ4v) is 2.48. The van der Waals surface area contributed by atoms with Crippen molar-refractivity contribution in [3.05, 3.63) is 47.5 Å². The van der Waals surface area contributed by atoms with Gasteiger partial charge in [0, 0.05) is 17.8 Å². The van der Waals surface area contributed by atoms with E-state index >= 15 is 0 Å². The van der Waals surface area contributed by atoms with E-state index in [1.807, 2.05) is 6.92 Å². The number of rotatable bonds is 2. The van der Waals surface area contributed by atoms with Crippen LogP contribution >= 0.6 is 0 Å². The van der Waals surface area contributed by atoms with Crippen molar-refractivity contribution in [2.24, 2.45) is 0 Å². The number of carbonyl (C=O) groups is 2. The molecule has 2 aromatic carbocycles. The molecule has 0 amide bonds. The van der Waals surface area contributed by atoms with Gasteiger partial charge in [0.2, 0.25) is 0 Å². The van der Waals surface area contributed by atoms with E-state index in [1.165, 1.54) is 18.2 Å². The monoisotopic (exact) mass is 312 g/mol. The maximum Gasteiger partial charge on any atom is 0.343 e. The quantitative estimate of drug-likeness (QED) is 0.501. The smallest absolute Gasteiger partial charge is 0.343 e. The standard InChI is InChI=1S/C17H16N2O4/c1-9-4-15(20)14-8-13(2-3-16(14)22-9)23-17(21)10-5-11(18)7-12(19)6-10/h2-3,5-9H,4,18-19H2,1H3. The first kappa shape index (κ1) is 14.9. The molecule has 0 saturated carbocycles. The van der Waals surface area contributed by atoms with Gasteiger partial charge < -0.3 is 20.9 Å². The van der Waals surface area contributed by atoms with Crippen LogP contribution in [0.2, 0.25) is 0 Å². The third-order valence-electron chi connectivity index (χ3n) is 3.48. The third kappa shape index (κ3) is 3.11. The number of anilines is 2. The van der Waals surface area contributed by atoms with E-state index in [4.69, 9.17) is 20.9 Å². The molecule has 3 rings (SSSR count). The van der Waals surface area contributed by atoms with Crippen molar-refractivity contribution >= 4 is 23.1 Å². The summed E-state index contributed by atoms with van der Waals surface area (Å²) < 4.78 is 10.9. The van der Waals surface area contributed by atoms with E-state index in [1.54, 1.807) is 18.2 Å². The van der Waals surface area contributed by atoms with Crippen LogP contribution in [0.25, 0.3) is 0 Å². The molecule has 23 heavy (non-hydrogen) atoms. The van der Waals surface area contributed by atoms with Crippen molar-refractivity contribution in [2.75, 3.05) is 11.5 Å². The van der Waals surface area contributed by atoms with Gasteiger partial charge in [-0.3, -0.25) is 4.79 Å². The minimum atomic E-state index is -0.596. The Morgan fingerprint density at radius 2 is 1.87 bits per heavy atom. The van der Waals surface area contributed by atoms with Crippen molar-refractivity contribution in [3.63, 3.8) is 0 Å². The van der Waals surface area contributed by atoms with E-state index in [0.29, 0.717) is 29.1 Å². The summed E-state index contributed by atoms with van der Waals surface area (Å²) >= 11 is 0. The average Bonchev–Trinajstić information content (AvgIpc) is 2.46. The molecule has 4 N–H and O–H groups in total. The minimum Gasteiger partial charge on any atom is -0.489 e. The molecule has 0 radical (unpaired) electrons. The molecule has 2 aromatic rings. The highest BCUT2D eigenvalue weighted by atomic mass is 16.5. The van der Waals surface area contributed by atoms with Gasteiger partial charge in [0.05, 0.1) is 11.1 Å². The van der Waals surface area contributed by atoms with Crippen LogP contribution in [-0.2, 0) is 0 Å². The molecule has 0 aliphatic carbocycles. The Balaban J connectivity index is 1.85. The maximum absolute atomic E-state index is 12.2. The highest BCUT2D eigenvalue weighted by molar-refractivity contribution is 6.00. The van der Waals surface area contributed by atoms with Crippen molar-refractivity contribution in [2.45, 2.75) is 19.4 Å². The molecule has 0 saturated heterocycles. The third-order valence-corrected chi connectivity index (χ3v) is 3.48. The van der Waals surface area contributed by atoms with Gasteiger partial charge in [-0.05, 0) is 43.3 Å². The number of fused-ring (bicyclic) bond motifs is 1. The van der Waals surface area contributed by atoms with Gasteiger partial charge in [-0.1, -0.05) is 0 Å². The molecular weight excluding hydrogens is 296 g/mol. The minimum absolute atomic E-state index is 0.0372. The van der Waals surface area contributed by atoms with Crippen LogP contribution < -0.4 is 20.9 Å². The lowest BCUT2D eigenvalue weighted by Gasteiger charge is -2.22. The normalized spacial score (nSPS) is 16.4. The Bertz CT molecular complexity index is 781. The molecular formula is C17H16N2O4. The Morgan fingerprint density at radius 3 is 2.57 bits per heavy atom. The zero-order valence-electron chi connectivity index (χ0n) is 12.5. The predicted octanol–water partition coefficient (Wildman–Crippen LogP) is 2.42. The molecule has 1 aliphatic rings. The molecule has 0 spiro atoms. The summed E-state index contributed by atoms with van der Waals surface area (Å²) in [6.07, 6.45) is 0.148. The summed E-state index contributed by atoms with van der Waals surface area (Å²) in [5.74, 6) is 0.134. The van der Waals surface area contributed by atoms with Gasteiger partial charge in [-0.2, -0.15) is 0 Å². The largest absolute Gasteiger partial charge is 0.489 e. The molecule has 118 valence electrons. The van der Waals surface area contributed by atoms with E-state index in [2.05, 4.69) is 0 Å². The van der Waals surface area contributed by atoms with Gasteiger partial charge in [0.15, 0.2) is 5.78 Å². The topological polar surface area (TPSA) is 105 Å². The zero-order valence-corrected chi connectivity index (χ0v) is 12.5. The first-order chi connectivity index (χ1) is 10.9. The lowest BCUT2D eigenvalue weighted by molar-refractivity contribution is 0.0730. The number of esters is 1. The van der Waals surface area contributed by atoms with E-state index < -0.39 is 5.97 Å². The number of ether oxygens (including phenoxy) is 2. The summed E-state index contributed by atoms with van der Waals surface area (Å²) in [6, 6.07) is 9.22.